The van der Waals surface area contributed by atoms with Crippen LogP contribution < -0.4 is 0 Å². The van der Waals surface area contributed by atoms with Crippen molar-refractivity contribution in [1.82, 2.24) is 0 Å². The fourth-order valence-electron chi connectivity index (χ4n) is 0.581. The second-order valence-corrected chi connectivity index (χ2v) is 1.67. The van der Waals surface area contributed by atoms with Gasteiger partial charge in [0.2, 0.25) is 0 Å². The first-order valence-electron chi connectivity index (χ1n) is 2.59. The van der Waals surface area contributed by atoms with Gasteiger partial charge < -0.3 is 5.11 Å². The van der Waals surface area contributed by atoms with Crippen LogP contribution in [0.15, 0.2) is 30.3 Å². The van der Waals surface area contributed by atoms with Crippen molar-refractivity contribution in [3.8, 4) is 0 Å². The molecule has 0 unspecified atom stereocenters. The van der Waals surface area contributed by atoms with Gasteiger partial charge >= 0.3 is 5.97 Å². The third kappa shape index (κ3) is 2.19. The number of carboxylic acids is 1. The Balaban J connectivity index is 0.000000810. The average Bonchev–Trinajstić information content (AvgIpc) is 1.90. The van der Waals surface area contributed by atoms with Crippen LogP contribution in [0.5, 0.6) is 0 Å². The first-order valence-corrected chi connectivity index (χ1v) is 2.59. The van der Waals surface area contributed by atoms with Gasteiger partial charge in [-0.1, -0.05) is 18.2 Å². The molecule has 0 radical (unpaired) electrons. The standard InChI is InChI=1S/C7H6O2.BrH/c8-7(9)6-4-2-1-3-5-6;/h1-5H,(H,8,9);1H. The Hall–Kier alpha value is -0.830. The van der Waals surface area contributed by atoms with E-state index in [1.807, 2.05) is 0 Å². The average molecular weight is 203 g/mol. The van der Waals surface area contributed by atoms with Crippen molar-refractivity contribution in [3.05, 3.63) is 35.9 Å². The molecule has 0 bridgehead atoms. The maximum absolute atomic E-state index is 10.2. The lowest BCUT2D eigenvalue weighted by Gasteiger charge is -1.88. The number of halogens is 1. The number of rotatable bonds is 1. The molecule has 54 valence electrons. The van der Waals surface area contributed by atoms with E-state index in [2.05, 4.69) is 0 Å². The molecule has 0 aliphatic rings. The molecular weight excluding hydrogens is 196 g/mol. The largest absolute Gasteiger partial charge is 0.478 e. The Bertz CT molecular complexity index is 208. The van der Waals surface area contributed by atoms with Crippen molar-refractivity contribution in [3.63, 3.8) is 0 Å². The topological polar surface area (TPSA) is 37.3 Å². The maximum Gasteiger partial charge on any atom is 0.335 e. The van der Waals surface area contributed by atoms with Crippen molar-refractivity contribution in [2.45, 2.75) is 0 Å². The molecule has 1 aromatic rings. The molecule has 0 saturated carbocycles. The van der Waals surface area contributed by atoms with E-state index in [-0.39, 0.29) is 17.0 Å². The van der Waals surface area contributed by atoms with Crippen LogP contribution in [0.1, 0.15) is 10.4 Å². The Morgan fingerprint density at radius 3 is 2.00 bits per heavy atom. The highest BCUT2D eigenvalue weighted by Gasteiger charge is 1.96. The Labute approximate surface area is 69.3 Å². The first kappa shape index (κ1) is 9.17. The summed E-state index contributed by atoms with van der Waals surface area (Å²) in [4.78, 5) is 10.2. The van der Waals surface area contributed by atoms with Crippen molar-refractivity contribution in [2.24, 2.45) is 0 Å². The molecule has 0 aliphatic heterocycles. The van der Waals surface area contributed by atoms with Gasteiger partial charge in [0.25, 0.3) is 0 Å². The molecule has 1 aromatic carbocycles. The number of benzene rings is 1. The van der Waals surface area contributed by atoms with Crippen LogP contribution in [-0.2, 0) is 0 Å². The van der Waals surface area contributed by atoms with Gasteiger partial charge in [-0.3, -0.25) is 0 Å². The van der Waals surface area contributed by atoms with E-state index in [0.29, 0.717) is 5.56 Å². The highest BCUT2D eigenvalue weighted by Crippen LogP contribution is 1.96. The minimum absolute atomic E-state index is 0. The zero-order chi connectivity index (χ0) is 6.69. The lowest BCUT2D eigenvalue weighted by Crippen LogP contribution is -1.93. The molecule has 0 aliphatic carbocycles. The van der Waals surface area contributed by atoms with Crippen LogP contribution in [0.3, 0.4) is 0 Å². The van der Waals surface area contributed by atoms with E-state index in [1.54, 1.807) is 30.3 Å². The molecule has 2 nitrogen and oxygen atoms in total. The fraction of sp³-hybridized carbons (Fsp3) is 0. The summed E-state index contributed by atoms with van der Waals surface area (Å²) in [5, 5.41) is 8.38. The minimum Gasteiger partial charge on any atom is -0.478 e. The Morgan fingerprint density at radius 1 is 1.20 bits per heavy atom. The Kier molecular flexibility index (Phi) is 3.72. The summed E-state index contributed by atoms with van der Waals surface area (Å²) in [6.07, 6.45) is 0. The van der Waals surface area contributed by atoms with E-state index in [4.69, 9.17) is 5.11 Å². The van der Waals surface area contributed by atoms with Gasteiger partial charge in [-0.05, 0) is 12.1 Å². The molecule has 0 amide bonds. The van der Waals surface area contributed by atoms with E-state index >= 15 is 0 Å². The summed E-state index contributed by atoms with van der Waals surface area (Å²) < 4.78 is 0. The number of carboxylic acid groups (broad SMARTS) is 1. The van der Waals surface area contributed by atoms with Gasteiger partial charge in [-0.25, -0.2) is 4.79 Å². The summed E-state index contributed by atoms with van der Waals surface area (Å²) in [5.41, 5.74) is 0.331. The summed E-state index contributed by atoms with van der Waals surface area (Å²) in [6, 6.07) is 8.30. The van der Waals surface area contributed by atoms with Crippen LogP contribution in [0.2, 0.25) is 0 Å². The predicted octanol–water partition coefficient (Wildman–Crippen LogP) is 1.96. The molecular formula is C7H7BrO2. The number of aromatic carboxylic acids is 1. The van der Waals surface area contributed by atoms with Gasteiger partial charge in [0.1, 0.15) is 0 Å². The van der Waals surface area contributed by atoms with Crippen LogP contribution in [0.25, 0.3) is 0 Å². The van der Waals surface area contributed by atoms with Crippen molar-refractivity contribution < 1.29 is 9.90 Å². The van der Waals surface area contributed by atoms with Crippen LogP contribution in [0.4, 0.5) is 0 Å². The van der Waals surface area contributed by atoms with Crippen LogP contribution >= 0.6 is 17.0 Å². The molecule has 0 atom stereocenters. The minimum atomic E-state index is -0.879. The number of carbonyl (C=O) groups is 1. The number of hydrogen-bond acceptors (Lipinski definition) is 1. The molecule has 0 saturated heterocycles. The third-order valence-corrected chi connectivity index (χ3v) is 1.02. The van der Waals surface area contributed by atoms with Gasteiger partial charge in [-0.15, -0.1) is 17.0 Å². The summed E-state index contributed by atoms with van der Waals surface area (Å²) in [5.74, 6) is -0.879. The molecule has 0 heterocycles. The molecule has 0 spiro atoms. The highest BCUT2D eigenvalue weighted by molar-refractivity contribution is 8.93. The molecule has 0 aromatic heterocycles. The van der Waals surface area contributed by atoms with Gasteiger partial charge in [0, 0.05) is 0 Å². The van der Waals surface area contributed by atoms with Crippen LogP contribution in [-0.4, -0.2) is 11.1 Å². The lowest BCUT2D eigenvalue weighted by atomic mass is 10.2. The van der Waals surface area contributed by atoms with Crippen molar-refractivity contribution in [1.29, 1.82) is 0 Å². The fourth-order valence-corrected chi connectivity index (χ4v) is 0.581. The molecule has 1 rings (SSSR count). The second-order valence-electron chi connectivity index (χ2n) is 1.67. The maximum atomic E-state index is 10.2. The SMILES string of the molecule is Br.O=C(O)c1ccccc1. The second kappa shape index (κ2) is 4.06. The quantitative estimate of drug-likeness (QED) is 0.757. The predicted molar refractivity (Wildman–Crippen MR) is 43.7 cm³/mol. The Morgan fingerprint density at radius 2 is 1.70 bits per heavy atom. The van der Waals surface area contributed by atoms with E-state index < -0.39 is 5.97 Å². The molecule has 0 fully saturated rings. The first-order chi connectivity index (χ1) is 4.30. The molecule has 3 heteroatoms. The van der Waals surface area contributed by atoms with E-state index in [0.717, 1.165) is 0 Å². The summed E-state index contributed by atoms with van der Waals surface area (Å²) in [7, 11) is 0. The molecule has 10 heavy (non-hydrogen) atoms. The summed E-state index contributed by atoms with van der Waals surface area (Å²) >= 11 is 0. The number of hydrogen-bond donors (Lipinski definition) is 1. The monoisotopic (exact) mass is 202 g/mol. The zero-order valence-corrected chi connectivity index (χ0v) is 6.86. The van der Waals surface area contributed by atoms with Gasteiger partial charge in [0.05, 0.1) is 5.56 Å². The van der Waals surface area contributed by atoms with Gasteiger partial charge in [0.15, 0.2) is 0 Å². The molecule has 1 N–H and O–H groups in total. The zero-order valence-electron chi connectivity index (χ0n) is 5.15. The smallest absolute Gasteiger partial charge is 0.335 e. The van der Waals surface area contributed by atoms with Crippen LogP contribution in [0, 0.1) is 0 Å². The lowest BCUT2D eigenvalue weighted by molar-refractivity contribution is 0.0697. The van der Waals surface area contributed by atoms with E-state index in [9.17, 15) is 4.79 Å². The van der Waals surface area contributed by atoms with Crippen molar-refractivity contribution >= 4 is 23.0 Å². The van der Waals surface area contributed by atoms with E-state index in [1.165, 1.54) is 0 Å². The normalized spacial score (nSPS) is 8.00. The highest BCUT2D eigenvalue weighted by atomic mass is 79.9. The van der Waals surface area contributed by atoms with Gasteiger partial charge in [-0.2, -0.15) is 0 Å². The third-order valence-electron chi connectivity index (χ3n) is 1.02. The summed E-state index contributed by atoms with van der Waals surface area (Å²) in [6.45, 7) is 0. The van der Waals surface area contributed by atoms with Crippen molar-refractivity contribution in [2.75, 3.05) is 0 Å².